The van der Waals surface area contributed by atoms with Crippen LogP contribution in [0, 0.1) is 11.3 Å². The quantitative estimate of drug-likeness (QED) is 0.827. The van der Waals surface area contributed by atoms with E-state index in [0.717, 1.165) is 0 Å². The summed E-state index contributed by atoms with van der Waals surface area (Å²) in [6, 6.07) is 11.7. The molecule has 1 aromatic carbocycles. The van der Waals surface area contributed by atoms with Crippen molar-refractivity contribution in [3.8, 4) is 6.07 Å². The number of benzene rings is 1. The van der Waals surface area contributed by atoms with Gasteiger partial charge in [-0.25, -0.2) is 0 Å². The molecule has 0 atom stereocenters. The van der Waals surface area contributed by atoms with Gasteiger partial charge in [-0.15, -0.1) is 0 Å². The van der Waals surface area contributed by atoms with Crippen LogP contribution in [0.1, 0.15) is 24.8 Å². The fourth-order valence-electron chi connectivity index (χ4n) is 2.10. The molecule has 0 radical (unpaired) electrons. The summed E-state index contributed by atoms with van der Waals surface area (Å²) >= 11 is 5.85. The van der Waals surface area contributed by atoms with Gasteiger partial charge in [0.1, 0.15) is 0 Å². The Hall–Kier alpha value is -2.58. The Morgan fingerprint density at radius 2 is 1.91 bits per heavy atom. The molecule has 0 aliphatic carbocycles. The van der Waals surface area contributed by atoms with Crippen LogP contribution in [0.5, 0.6) is 0 Å². The number of aryl methyl sites for hydroxylation is 1. The number of anilines is 1. The number of carbonyl (C=O) groups excluding carboxylic acids is 1. The Bertz CT molecular complexity index is 776. The maximum absolute atomic E-state index is 11.8. The SMILES string of the molecule is N#Cc1ccc(NC(=O)CCCCn2cc(Cl)ccc2=O)cc1. The van der Waals surface area contributed by atoms with Gasteiger partial charge in [0.05, 0.1) is 16.7 Å². The van der Waals surface area contributed by atoms with E-state index in [1.54, 1.807) is 41.1 Å². The molecule has 2 aromatic rings. The molecule has 1 aromatic heterocycles. The van der Waals surface area contributed by atoms with Crippen LogP contribution in [-0.4, -0.2) is 10.5 Å². The van der Waals surface area contributed by atoms with Crippen molar-refractivity contribution in [2.45, 2.75) is 25.8 Å². The summed E-state index contributed by atoms with van der Waals surface area (Å²) in [4.78, 5) is 23.4. The minimum atomic E-state index is -0.101. The zero-order chi connectivity index (χ0) is 16.7. The lowest BCUT2D eigenvalue weighted by atomic mass is 10.2. The van der Waals surface area contributed by atoms with Gasteiger partial charge in [0.2, 0.25) is 5.91 Å². The molecule has 1 N–H and O–H groups in total. The van der Waals surface area contributed by atoms with Crippen LogP contribution < -0.4 is 10.9 Å². The molecule has 0 aliphatic heterocycles. The Morgan fingerprint density at radius 3 is 2.61 bits per heavy atom. The van der Waals surface area contributed by atoms with Gasteiger partial charge in [0.15, 0.2) is 0 Å². The number of nitrogens with zero attached hydrogens (tertiary/aromatic N) is 2. The number of halogens is 1. The van der Waals surface area contributed by atoms with E-state index in [4.69, 9.17) is 16.9 Å². The molecule has 0 saturated carbocycles. The van der Waals surface area contributed by atoms with Crippen molar-refractivity contribution >= 4 is 23.2 Å². The Morgan fingerprint density at radius 1 is 1.17 bits per heavy atom. The molecule has 6 heteroatoms. The molecule has 1 amide bonds. The largest absolute Gasteiger partial charge is 0.326 e. The van der Waals surface area contributed by atoms with Gasteiger partial charge >= 0.3 is 0 Å². The second-order valence-corrected chi connectivity index (χ2v) is 5.51. The van der Waals surface area contributed by atoms with E-state index in [1.165, 1.54) is 6.07 Å². The van der Waals surface area contributed by atoms with Gasteiger partial charge in [0, 0.05) is 30.9 Å². The second kappa shape index (κ2) is 8.16. The van der Waals surface area contributed by atoms with E-state index in [9.17, 15) is 9.59 Å². The van der Waals surface area contributed by atoms with Crippen molar-refractivity contribution < 1.29 is 4.79 Å². The number of rotatable bonds is 6. The molecule has 0 fully saturated rings. The average molecular weight is 330 g/mol. The van der Waals surface area contributed by atoms with E-state index < -0.39 is 0 Å². The maximum Gasteiger partial charge on any atom is 0.250 e. The summed E-state index contributed by atoms with van der Waals surface area (Å²) in [5.41, 5.74) is 1.12. The molecular formula is C17H16ClN3O2. The first-order valence-corrected chi connectivity index (χ1v) is 7.62. The third-order valence-corrected chi connectivity index (χ3v) is 3.52. The van der Waals surface area contributed by atoms with Crippen LogP contribution in [0.15, 0.2) is 47.4 Å². The maximum atomic E-state index is 11.8. The number of hydrogen-bond donors (Lipinski definition) is 1. The van der Waals surface area contributed by atoms with E-state index in [0.29, 0.717) is 42.1 Å². The predicted molar refractivity (Wildman–Crippen MR) is 89.3 cm³/mol. The van der Waals surface area contributed by atoms with Crippen LogP contribution in [0.4, 0.5) is 5.69 Å². The number of nitriles is 1. The van der Waals surface area contributed by atoms with E-state index in [1.807, 2.05) is 6.07 Å². The molecule has 2 rings (SSSR count). The first-order valence-electron chi connectivity index (χ1n) is 7.24. The summed E-state index contributed by atoms with van der Waals surface area (Å²) in [6.07, 6.45) is 3.35. The van der Waals surface area contributed by atoms with Crippen LogP contribution in [-0.2, 0) is 11.3 Å². The van der Waals surface area contributed by atoms with Gasteiger partial charge in [-0.2, -0.15) is 5.26 Å². The highest BCUT2D eigenvalue weighted by Gasteiger charge is 2.03. The van der Waals surface area contributed by atoms with Crippen LogP contribution in [0.3, 0.4) is 0 Å². The van der Waals surface area contributed by atoms with Gasteiger partial charge in [-0.05, 0) is 43.2 Å². The Balaban J connectivity index is 1.75. The number of pyridine rings is 1. The molecular weight excluding hydrogens is 314 g/mol. The highest BCUT2D eigenvalue weighted by atomic mass is 35.5. The third kappa shape index (κ3) is 5.28. The molecule has 5 nitrogen and oxygen atoms in total. The summed E-state index contributed by atoms with van der Waals surface area (Å²) in [5, 5.41) is 12.0. The van der Waals surface area contributed by atoms with Crippen molar-refractivity contribution in [2.24, 2.45) is 0 Å². The fraction of sp³-hybridized carbons (Fsp3) is 0.235. The molecule has 1 heterocycles. The van der Waals surface area contributed by atoms with Crippen molar-refractivity contribution in [1.82, 2.24) is 4.57 Å². The van der Waals surface area contributed by atoms with E-state index >= 15 is 0 Å². The summed E-state index contributed by atoms with van der Waals surface area (Å²) < 4.78 is 1.54. The second-order valence-electron chi connectivity index (χ2n) is 5.07. The fourth-order valence-corrected chi connectivity index (χ4v) is 2.28. The van der Waals surface area contributed by atoms with Gasteiger partial charge in [0.25, 0.3) is 5.56 Å². The first kappa shape index (κ1) is 16.8. The van der Waals surface area contributed by atoms with Crippen LogP contribution in [0.2, 0.25) is 5.02 Å². The van der Waals surface area contributed by atoms with Gasteiger partial charge < -0.3 is 9.88 Å². The minimum absolute atomic E-state index is 0.0897. The normalized spacial score (nSPS) is 10.1. The molecule has 0 aliphatic rings. The van der Waals surface area contributed by atoms with Crippen molar-refractivity contribution in [1.29, 1.82) is 5.26 Å². The third-order valence-electron chi connectivity index (χ3n) is 3.30. The van der Waals surface area contributed by atoms with Crippen molar-refractivity contribution in [3.05, 3.63) is 63.5 Å². The summed E-state index contributed by atoms with van der Waals surface area (Å²) in [5.74, 6) is -0.0897. The topological polar surface area (TPSA) is 74.9 Å². The lowest BCUT2D eigenvalue weighted by Gasteiger charge is -2.07. The molecule has 23 heavy (non-hydrogen) atoms. The lowest BCUT2D eigenvalue weighted by molar-refractivity contribution is -0.116. The molecule has 0 saturated heterocycles. The van der Waals surface area contributed by atoms with Crippen molar-refractivity contribution in [3.63, 3.8) is 0 Å². The van der Waals surface area contributed by atoms with Crippen LogP contribution in [0.25, 0.3) is 0 Å². The zero-order valence-electron chi connectivity index (χ0n) is 12.5. The Labute approximate surface area is 139 Å². The smallest absolute Gasteiger partial charge is 0.250 e. The highest BCUT2D eigenvalue weighted by Crippen LogP contribution is 2.10. The van der Waals surface area contributed by atoms with E-state index in [-0.39, 0.29) is 11.5 Å². The van der Waals surface area contributed by atoms with Crippen LogP contribution >= 0.6 is 11.6 Å². The number of unbranched alkanes of at least 4 members (excludes halogenated alkanes) is 1. The Kier molecular flexibility index (Phi) is 5.95. The molecule has 118 valence electrons. The average Bonchev–Trinajstić information content (AvgIpc) is 2.55. The summed E-state index contributed by atoms with van der Waals surface area (Å²) in [6.45, 7) is 0.531. The van der Waals surface area contributed by atoms with Gasteiger partial charge in [-0.3, -0.25) is 9.59 Å². The predicted octanol–water partition coefficient (Wildman–Crippen LogP) is 3.18. The molecule has 0 spiro atoms. The number of nitrogens with one attached hydrogen (secondary N) is 1. The monoisotopic (exact) mass is 329 g/mol. The standard InChI is InChI=1S/C17H16ClN3O2/c18-14-6-9-17(23)21(12-14)10-2-1-3-16(22)20-15-7-4-13(11-19)5-8-15/h4-9,12H,1-3,10H2,(H,20,22). The summed E-state index contributed by atoms with van der Waals surface area (Å²) in [7, 11) is 0. The van der Waals surface area contributed by atoms with Crippen molar-refractivity contribution in [2.75, 3.05) is 5.32 Å². The zero-order valence-corrected chi connectivity index (χ0v) is 13.2. The number of amides is 1. The number of aromatic nitrogens is 1. The molecule has 0 bridgehead atoms. The van der Waals surface area contributed by atoms with Gasteiger partial charge in [-0.1, -0.05) is 11.6 Å². The van der Waals surface area contributed by atoms with E-state index in [2.05, 4.69) is 5.32 Å². The first-order chi connectivity index (χ1) is 11.1. The lowest BCUT2D eigenvalue weighted by Crippen LogP contribution is -2.18. The number of hydrogen-bond acceptors (Lipinski definition) is 3. The number of carbonyl (C=O) groups is 1. The molecule has 0 unspecified atom stereocenters. The minimum Gasteiger partial charge on any atom is -0.326 e. The highest BCUT2D eigenvalue weighted by molar-refractivity contribution is 6.30.